The van der Waals surface area contributed by atoms with E-state index in [2.05, 4.69) is 104 Å². The van der Waals surface area contributed by atoms with Crippen molar-refractivity contribution in [2.24, 2.45) is 11.8 Å². The Morgan fingerprint density at radius 2 is 1.20 bits per heavy atom. The molecule has 4 aromatic carbocycles. The smallest absolute Gasteiger partial charge is 0.247 e. The van der Waals surface area contributed by atoms with Gasteiger partial charge in [0.1, 0.15) is 6.54 Å². The van der Waals surface area contributed by atoms with Crippen molar-refractivity contribution in [2.45, 2.75) is 57.4 Å². The lowest BCUT2D eigenvalue weighted by molar-refractivity contribution is -0.143. The van der Waals surface area contributed by atoms with Gasteiger partial charge in [0.25, 0.3) is 0 Å². The predicted octanol–water partition coefficient (Wildman–Crippen LogP) is 7.77. The van der Waals surface area contributed by atoms with E-state index in [1.807, 2.05) is 32.0 Å². The number of rotatable bonds is 6. The molecule has 2 aliphatic heterocycles. The first-order valence-corrected chi connectivity index (χ1v) is 16.4. The number of hydrogen-bond acceptors (Lipinski definition) is 3. The van der Waals surface area contributed by atoms with E-state index < -0.39 is 11.0 Å². The van der Waals surface area contributed by atoms with Gasteiger partial charge in [-0.15, -0.1) is 0 Å². The highest BCUT2D eigenvalue weighted by molar-refractivity contribution is 6.10. The molecule has 0 N–H and O–H groups in total. The van der Waals surface area contributed by atoms with Crippen molar-refractivity contribution >= 4 is 29.0 Å². The largest absolute Gasteiger partial charge is 0.301 e. The molecule has 1 aliphatic carbocycles. The highest BCUT2D eigenvalue weighted by atomic mass is 16.2. The molecule has 5 nitrogen and oxygen atoms in total. The van der Waals surface area contributed by atoms with Crippen LogP contribution in [0.2, 0.25) is 0 Å². The molecule has 0 spiro atoms. The third-order valence-electron chi connectivity index (χ3n) is 10.3. The lowest BCUT2D eigenvalue weighted by atomic mass is 9.64. The zero-order valence-electron chi connectivity index (χ0n) is 26.8. The molecule has 0 aromatic heterocycles. The van der Waals surface area contributed by atoms with Crippen LogP contribution in [0, 0.1) is 11.8 Å². The summed E-state index contributed by atoms with van der Waals surface area (Å²) in [6, 6.07) is 38.1. The predicted molar refractivity (Wildman–Crippen MR) is 182 cm³/mol. The fourth-order valence-corrected chi connectivity index (χ4v) is 8.38. The van der Waals surface area contributed by atoms with E-state index >= 15 is 0 Å². The number of likely N-dealkylation sites (tertiary alicyclic amines) is 1. The van der Waals surface area contributed by atoms with Crippen LogP contribution in [0.25, 0.3) is 5.57 Å². The van der Waals surface area contributed by atoms with Crippen LogP contribution in [0.5, 0.6) is 0 Å². The van der Waals surface area contributed by atoms with Crippen molar-refractivity contribution < 1.29 is 14.4 Å². The second-order valence-corrected chi connectivity index (χ2v) is 13.6. The van der Waals surface area contributed by atoms with Gasteiger partial charge in [-0.1, -0.05) is 116 Å². The number of carbonyl (C=O) groups excluding carboxylic acids is 3. The molecule has 46 heavy (non-hydrogen) atoms. The van der Waals surface area contributed by atoms with Crippen LogP contribution in [0.1, 0.15) is 74.3 Å². The number of hydrogen-bond donors (Lipinski definition) is 0. The van der Waals surface area contributed by atoms with Crippen molar-refractivity contribution in [2.75, 3.05) is 11.4 Å². The Morgan fingerprint density at radius 1 is 0.717 bits per heavy atom. The number of allylic oxidation sites excluding steroid dienone is 1. The van der Waals surface area contributed by atoms with E-state index in [4.69, 9.17) is 0 Å². The molecular weight excluding hydrogens is 568 g/mol. The fraction of sp³-hybridized carbons (Fsp3) is 0.293. The van der Waals surface area contributed by atoms with Crippen molar-refractivity contribution in [3.8, 4) is 0 Å². The third-order valence-corrected chi connectivity index (χ3v) is 10.3. The van der Waals surface area contributed by atoms with E-state index in [-0.39, 0.29) is 36.1 Å². The van der Waals surface area contributed by atoms with E-state index in [0.29, 0.717) is 0 Å². The Labute approximate surface area is 271 Å². The molecule has 2 atom stereocenters. The van der Waals surface area contributed by atoms with Gasteiger partial charge >= 0.3 is 0 Å². The van der Waals surface area contributed by atoms with Gasteiger partial charge in [0.05, 0.1) is 28.5 Å². The summed E-state index contributed by atoms with van der Waals surface area (Å²) in [7, 11) is 0. The number of carbonyl (C=O) groups is 3. The van der Waals surface area contributed by atoms with Crippen molar-refractivity contribution in [3.05, 3.63) is 143 Å². The van der Waals surface area contributed by atoms with E-state index in [9.17, 15) is 14.4 Å². The normalized spacial score (nSPS) is 20.6. The molecule has 3 aliphatic rings. The second-order valence-electron chi connectivity index (χ2n) is 13.6. The molecule has 0 bridgehead atoms. The van der Waals surface area contributed by atoms with E-state index in [0.717, 1.165) is 64.8 Å². The van der Waals surface area contributed by atoms with Crippen molar-refractivity contribution in [1.29, 1.82) is 0 Å². The highest BCUT2D eigenvalue weighted by Gasteiger charge is 2.50. The highest BCUT2D eigenvalue weighted by Crippen LogP contribution is 2.48. The molecule has 3 amide bonds. The van der Waals surface area contributed by atoms with E-state index in [1.54, 1.807) is 4.90 Å². The third kappa shape index (κ3) is 4.72. The van der Waals surface area contributed by atoms with Gasteiger partial charge in [-0.05, 0) is 73.6 Å². The summed E-state index contributed by atoms with van der Waals surface area (Å²) >= 11 is 0. The van der Waals surface area contributed by atoms with Gasteiger partial charge in [-0.2, -0.15) is 0 Å². The summed E-state index contributed by atoms with van der Waals surface area (Å²) in [5.41, 5.74) is 6.08. The van der Waals surface area contributed by atoms with Crippen molar-refractivity contribution in [1.82, 2.24) is 4.90 Å². The number of benzene rings is 4. The number of anilines is 1. The zero-order chi connectivity index (χ0) is 32.1. The first-order valence-electron chi connectivity index (χ1n) is 16.4. The maximum Gasteiger partial charge on any atom is 0.247 e. The molecule has 2 fully saturated rings. The van der Waals surface area contributed by atoms with Crippen LogP contribution in [-0.4, -0.2) is 34.7 Å². The molecule has 2 unspecified atom stereocenters. The number of fused-ring (bicyclic) bond motifs is 2. The van der Waals surface area contributed by atoms with Crippen LogP contribution < -0.4 is 4.90 Å². The summed E-state index contributed by atoms with van der Waals surface area (Å²) < 4.78 is 0. The van der Waals surface area contributed by atoms with Gasteiger partial charge in [-0.3, -0.25) is 19.3 Å². The van der Waals surface area contributed by atoms with Crippen LogP contribution in [-0.2, 0) is 19.8 Å². The summed E-state index contributed by atoms with van der Waals surface area (Å²) in [5.74, 6) is -1.16. The van der Waals surface area contributed by atoms with Crippen LogP contribution >= 0.6 is 0 Å². The lowest BCUT2D eigenvalue weighted by Gasteiger charge is -2.43. The molecule has 4 aromatic rings. The maximum absolute atomic E-state index is 14.2. The Hall–Kier alpha value is -4.77. The maximum atomic E-state index is 14.2. The van der Waals surface area contributed by atoms with Gasteiger partial charge in [-0.25, -0.2) is 0 Å². The zero-order valence-corrected chi connectivity index (χ0v) is 26.8. The molecule has 1 saturated heterocycles. The first-order chi connectivity index (χ1) is 22.2. The topological polar surface area (TPSA) is 57.7 Å². The Balaban J connectivity index is 1.36. The number of amides is 3. The van der Waals surface area contributed by atoms with Crippen LogP contribution in [0.15, 0.2) is 115 Å². The van der Waals surface area contributed by atoms with Gasteiger partial charge in [0.15, 0.2) is 0 Å². The summed E-state index contributed by atoms with van der Waals surface area (Å²) in [6.07, 6.45) is 5.50. The number of imide groups is 1. The summed E-state index contributed by atoms with van der Waals surface area (Å²) in [4.78, 5) is 43.9. The molecule has 1 saturated carbocycles. The lowest BCUT2D eigenvalue weighted by Crippen LogP contribution is -2.53. The molecule has 2 heterocycles. The molecule has 0 radical (unpaired) electrons. The standard InChI is InChI=1S/C41H40N2O3/c1-28-26-40(2,3)43(37(44)27-42-38(45)33-21-13-14-22-34(33)39(42)46)36-24-23-32(25-35(28)36)41(29-15-7-4-8-16-29,30-17-9-5-10-18-30)31-19-11-6-12-20-31/h4-12,15-20,23-26,33-34H,13-14,21-22,27H2,1-3H3. The minimum atomic E-state index is -0.649. The van der Waals surface area contributed by atoms with Gasteiger partial charge in [0.2, 0.25) is 17.7 Å². The van der Waals surface area contributed by atoms with Gasteiger partial charge < -0.3 is 4.90 Å². The minimum Gasteiger partial charge on any atom is -0.301 e. The first kappa shape index (κ1) is 29.9. The fourth-order valence-electron chi connectivity index (χ4n) is 8.38. The molecule has 232 valence electrons. The van der Waals surface area contributed by atoms with E-state index in [1.165, 1.54) is 4.90 Å². The van der Waals surface area contributed by atoms with Crippen molar-refractivity contribution in [3.63, 3.8) is 0 Å². The average Bonchev–Trinajstić information content (AvgIpc) is 3.31. The van der Waals surface area contributed by atoms with Crippen LogP contribution in [0.3, 0.4) is 0 Å². The molecule has 7 rings (SSSR count). The minimum absolute atomic E-state index is 0.182. The Bertz CT molecular complexity index is 1710. The Kier molecular flexibility index (Phi) is 7.51. The Morgan fingerprint density at radius 3 is 1.67 bits per heavy atom. The quantitative estimate of drug-likeness (QED) is 0.166. The second kappa shape index (κ2) is 11.5. The summed E-state index contributed by atoms with van der Waals surface area (Å²) in [5, 5.41) is 0. The number of nitrogens with zero attached hydrogens (tertiary/aromatic N) is 2. The monoisotopic (exact) mass is 608 g/mol. The van der Waals surface area contributed by atoms with Gasteiger partial charge in [0, 0.05) is 5.56 Å². The average molecular weight is 609 g/mol. The molecular formula is C41H40N2O3. The van der Waals surface area contributed by atoms with Crippen LogP contribution in [0.4, 0.5) is 5.69 Å². The summed E-state index contributed by atoms with van der Waals surface area (Å²) in [6.45, 7) is 5.89. The SMILES string of the molecule is CC1=CC(C)(C)N(C(=O)CN2C(=O)C3CCCCC3C2=O)c2ccc(C(c3ccccc3)(c3ccccc3)c3ccccc3)cc21. The molecule has 5 heteroatoms.